The van der Waals surface area contributed by atoms with Gasteiger partial charge in [-0.25, -0.2) is 4.98 Å². The SMILES string of the molecule is Cc1ccc(/C=C2\SC(=O)N(CC(=O)Nc3ncc(Cc4cccc(C(F)(F)F)c4)s3)C2=O)cc1. The largest absolute Gasteiger partial charge is 0.416 e. The van der Waals surface area contributed by atoms with Crippen LogP contribution in [0.4, 0.5) is 23.1 Å². The van der Waals surface area contributed by atoms with Crippen LogP contribution in [0.2, 0.25) is 0 Å². The molecule has 3 amide bonds. The van der Waals surface area contributed by atoms with Crippen LogP contribution in [0, 0.1) is 6.92 Å². The van der Waals surface area contributed by atoms with Gasteiger partial charge in [0.25, 0.3) is 11.1 Å². The molecule has 0 saturated carbocycles. The summed E-state index contributed by atoms with van der Waals surface area (Å²) in [7, 11) is 0. The third-order valence-electron chi connectivity index (χ3n) is 4.98. The average Bonchev–Trinajstić information content (AvgIpc) is 3.34. The van der Waals surface area contributed by atoms with Gasteiger partial charge in [0.15, 0.2) is 5.13 Å². The first-order chi connectivity index (χ1) is 16.6. The van der Waals surface area contributed by atoms with Crippen LogP contribution in [0.5, 0.6) is 0 Å². The summed E-state index contributed by atoms with van der Waals surface area (Å²) >= 11 is 1.87. The highest BCUT2D eigenvalue weighted by Gasteiger charge is 2.36. The molecule has 0 aliphatic carbocycles. The van der Waals surface area contributed by atoms with E-state index in [9.17, 15) is 27.6 Å². The van der Waals surface area contributed by atoms with Crippen molar-refractivity contribution in [2.45, 2.75) is 19.5 Å². The van der Waals surface area contributed by atoms with E-state index in [0.29, 0.717) is 10.4 Å². The normalized spacial score (nSPS) is 15.2. The molecule has 1 saturated heterocycles. The minimum atomic E-state index is -4.43. The lowest BCUT2D eigenvalue weighted by Crippen LogP contribution is -2.36. The highest BCUT2D eigenvalue weighted by Crippen LogP contribution is 2.33. The molecule has 0 unspecified atom stereocenters. The number of thiazole rings is 1. The number of benzene rings is 2. The number of carbonyl (C=O) groups excluding carboxylic acids is 3. The summed E-state index contributed by atoms with van der Waals surface area (Å²) in [4.78, 5) is 43.2. The van der Waals surface area contributed by atoms with Gasteiger partial charge in [0, 0.05) is 17.5 Å². The number of alkyl halides is 3. The Hall–Kier alpha value is -3.44. The Balaban J connectivity index is 1.36. The Morgan fingerprint density at radius 2 is 1.89 bits per heavy atom. The molecule has 180 valence electrons. The maximum absolute atomic E-state index is 12.9. The van der Waals surface area contributed by atoms with E-state index in [1.807, 2.05) is 31.2 Å². The predicted molar refractivity (Wildman–Crippen MR) is 129 cm³/mol. The minimum Gasteiger partial charge on any atom is -0.300 e. The fraction of sp³-hybridized carbons (Fsp3) is 0.167. The molecule has 11 heteroatoms. The average molecular weight is 518 g/mol. The number of imide groups is 1. The summed E-state index contributed by atoms with van der Waals surface area (Å²) in [6.45, 7) is 1.46. The molecule has 6 nitrogen and oxygen atoms in total. The van der Waals surface area contributed by atoms with Gasteiger partial charge < -0.3 is 5.32 Å². The quantitative estimate of drug-likeness (QED) is 0.422. The van der Waals surface area contributed by atoms with E-state index in [0.717, 1.165) is 51.3 Å². The van der Waals surface area contributed by atoms with Crippen LogP contribution in [0.15, 0.2) is 59.6 Å². The summed E-state index contributed by atoms with van der Waals surface area (Å²) < 4.78 is 38.7. The van der Waals surface area contributed by atoms with Gasteiger partial charge in [0.2, 0.25) is 5.91 Å². The maximum Gasteiger partial charge on any atom is 0.416 e. The Bertz CT molecular complexity index is 1320. The molecule has 0 bridgehead atoms. The van der Waals surface area contributed by atoms with Crippen LogP contribution in [0.3, 0.4) is 0 Å². The molecule has 1 aromatic heterocycles. The number of nitrogens with zero attached hydrogens (tertiary/aromatic N) is 2. The fourth-order valence-corrected chi connectivity index (χ4v) is 4.96. The fourth-order valence-electron chi connectivity index (χ4n) is 3.26. The highest BCUT2D eigenvalue weighted by molar-refractivity contribution is 8.18. The van der Waals surface area contributed by atoms with Crippen molar-refractivity contribution >= 4 is 51.4 Å². The van der Waals surface area contributed by atoms with Gasteiger partial charge in [-0.3, -0.25) is 19.3 Å². The van der Waals surface area contributed by atoms with Crippen molar-refractivity contribution in [2.75, 3.05) is 11.9 Å². The molecule has 0 spiro atoms. The van der Waals surface area contributed by atoms with Crippen molar-refractivity contribution in [3.8, 4) is 0 Å². The van der Waals surface area contributed by atoms with Gasteiger partial charge in [-0.2, -0.15) is 13.2 Å². The van der Waals surface area contributed by atoms with Crippen LogP contribution in [-0.4, -0.2) is 33.5 Å². The van der Waals surface area contributed by atoms with Crippen molar-refractivity contribution in [1.29, 1.82) is 0 Å². The van der Waals surface area contributed by atoms with Crippen molar-refractivity contribution in [3.63, 3.8) is 0 Å². The van der Waals surface area contributed by atoms with Gasteiger partial charge >= 0.3 is 6.18 Å². The number of nitrogens with one attached hydrogen (secondary N) is 1. The molecule has 1 aliphatic heterocycles. The van der Waals surface area contributed by atoms with E-state index in [2.05, 4.69) is 10.3 Å². The molecule has 1 N–H and O–H groups in total. The molecule has 3 aromatic rings. The molecule has 0 radical (unpaired) electrons. The zero-order valence-electron chi connectivity index (χ0n) is 18.3. The lowest BCUT2D eigenvalue weighted by atomic mass is 10.1. The predicted octanol–water partition coefficient (Wildman–Crippen LogP) is 5.74. The van der Waals surface area contributed by atoms with Gasteiger partial charge in [0.1, 0.15) is 6.54 Å². The number of hydrogen-bond acceptors (Lipinski definition) is 6. The van der Waals surface area contributed by atoms with Crippen molar-refractivity contribution in [3.05, 3.63) is 86.8 Å². The first-order valence-corrected chi connectivity index (χ1v) is 11.9. The zero-order chi connectivity index (χ0) is 25.2. The van der Waals surface area contributed by atoms with E-state index < -0.39 is 35.3 Å². The Kier molecular flexibility index (Phi) is 7.08. The summed E-state index contributed by atoms with van der Waals surface area (Å²) in [6.07, 6.45) is -1.15. The molecule has 1 aliphatic rings. The summed E-state index contributed by atoms with van der Waals surface area (Å²) in [5, 5.41) is 2.21. The van der Waals surface area contributed by atoms with Crippen molar-refractivity contribution < 1.29 is 27.6 Å². The van der Waals surface area contributed by atoms with Crippen LogP contribution >= 0.6 is 23.1 Å². The first-order valence-electron chi connectivity index (χ1n) is 10.3. The van der Waals surface area contributed by atoms with E-state index in [1.54, 1.807) is 12.1 Å². The van der Waals surface area contributed by atoms with E-state index >= 15 is 0 Å². The lowest BCUT2D eigenvalue weighted by Gasteiger charge is -2.11. The van der Waals surface area contributed by atoms with Gasteiger partial charge in [-0.15, -0.1) is 11.3 Å². The second-order valence-corrected chi connectivity index (χ2v) is 9.84. The Morgan fingerprint density at radius 3 is 2.60 bits per heavy atom. The second kappa shape index (κ2) is 10.0. The number of aromatic nitrogens is 1. The molecule has 2 heterocycles. The third-order valence-corrected chi connectivity index (χ3v) is 6.80. The number of amides is 3. The third kappa shape index (κ3) is 6.17. The lowest BCUT2D eigenvalue weighted by molar-refractivity contribution is -0.137. The molecule has 4 rings (SSSR count). The smallest absolute Gasteiger partial charge is 0.300 e. The highest BCUT2D eigenvalue weighted by atomic mass is 32.2. The molecular weight excluding hydrogens is 499 g/mol. The number of anilines is 1. The second-order valence-electron chi connectivity index (χ2n) is 7.73. The van der Waals surface area contributed by atoms with Crippen LogP contribution in [0.1, 0.15) is 27.1 Å². The van der Waals surface area contributed by atoms with E-state index in [1.165, 1.54) is 12.3 Å². The van der Waals surface area contributed by atoms with E-state index in [-0.39, 0.29) is 16.5 Å². The Morgan fingerprint density at radius 1 is 1.14 bits per heavy atom. The number of rotatable bonds is 6. The van der Waals surface area contributed by atoms with Gasteiger partial charge in [-0.05, 0) is 42.0 Å². The summed E-state index contributed by atoms with van der Waals surface area (Å²) in [5.74, 6) is -1.16. The van der Waals surface area contributed by atoms with Crippen LogP contribution in [-0.2, 0) is 22.2 Å². The van der Waals surface area contributed by atoms with E-state index in [4.69, 9.17) is 0 Å². The molecule has 0 atom stereocenters. The number of hydrogen-bond donors (Lipinski definition) is 1. The number of aryl methyl sites for hydroxylation is 1. The Labute approximate surface area is 206 Å². The minimum absolute atomic E-state index is 0.213. The van der Waals surface area contributed by atoms with Crippen LogP contribution in [0.25, 0.3) is 6.08 Å². The summed E-state index contributed by atoms with van der Waals surface area (Å²) in [6, 6.07) is 12.4. The van der Waals surface area contributed by atoms with Crippen molar-refractivity contribution in [1.82, 2.24) is 9.88 Å². The number of thioether (sulfide) groups is 1. The van der Waals surface area contributed by atoms with Gasteiger partial charge in [-0.1, -0.05) is 48.0 Å². The zero-order valence-corrected chi connectivity index (χ0v) is 19.9. The summed E-state index contributed by atoms with van der Waals surface area (Å²) in [5.41, 5.74) is 1.55. The van der Waals surface area contributed by atoms with Crippen LogP contribution < -0.4 is 5.32 Å². The molecule has 35 heavy (non-hydrogen) atoms. The molecule has 2 aromatic carbocycles. The maximum atomic E-state index is 12.9. The topological polar surface area (TPSA) is 79.4 Å². The number of carbonyl (C=O) groups is 3. The number of halogens is 3. The standard InChI is InChI=1S/C24H18F3N3O3S2/c1-14-5-7-15(8-6-14)11-19-21(32)30(23(33)35-19)13-20(31)29-22-28-12-18(34-22)10-16-3-2-4-17(9-16)24(25,26)27/h2-9,11-12H,10,13H2,1H3,(H,28,29,31)/b19-11-. The molecule has 1 fully saturated rings. The first kappa shape index (κ1) is 24.7. The molecular formula is C24H18F3N3O3S2. The monoisotopic (exact) mass is 517 g/mol. The van der Waals surface area contributed by atoms with Crippen molar-refractivity contribution in [2.24, 2.45) is 0 Å². The van der Waals surface area contributed by atoms with Gasteiger partial charge in [0.05, 0.1) is 10.5 Å².